The number of hydrogen-bond acceptors (Lipinski definition) is 4. The molecule has 0 spiro atoms. The zero-order valence-electron chi connectivity index (χ0n) is 12.0. The Morgan fingerprint density at radius 1 is 1.17 bits per heavy atom. The zero-order chi connectivity index (χ0) is 16.8. The molecule has 0 saturated carbocycles. The van der Waals surface area contributed by atoms with E-state index >= 15 is 0 Å². The first-order chi connectivity index (χ1) is 10.8. The lowest BCUT2D eigenvalue weighted by atomic mass is 10.0. The maximum atomic E-state index is 12.6. The molecule has 23 heavy (non-hydrogen) atoms. The number of nitrogens with zero attached hydrogens (tertiary/aromatic N) is 1. The van der Waals surface area contributed by atoms with Gasteiger partial charge in [0.1, 0.15) is 10.7 Å². The van der Waals surface area contributed by atoms with Gasteiger partial charge in [-0.2, -0.15) is 0 Å². The van der Waals surface area contributed by atoms with Crippen molar-refractivity contribution in [2.24, 2.45) is 5.14 Å². The molecule has 1 aromatic heterocycles. The van der Waals surface area contributed by atoms with Crippen molar-refractivity contribution in [3.63, 3.8) is 0 Å². The standard InChI is InChI=1S/C15H12ClN3O3S/c1-8-18-12-5-3-9(6-13(12)19-8)15(20)10-2-4-11(16)14(7-10)23(17,21)22/h2-7H,1H3,(H,18,19)(H2,17,21,22). The molecule has 3 rings (SSSR count). The average molecular weight is 350 g/mol. The number of fused-ring (bicyclic) bond motifs is 1. The first kappa shape index (κ1) is 15.7. The van der Waals surface area contributed by atoms with E-state index in [9.17, 15) is 13.2 Å². The number of rotatable bonds is 3. The highest BCUT2D eigenvalue weighted by Gasteiger charge is 2.17. The molecule has 0 aliphatic carbocycles. The fourth-order valence-electron chi connectivity index (χ4n) is 2.31. The van der Waals surface area contributed by atoms with Gasteiger partial charge in [-0.05, 0) is 43.3 Å². The minimum absolute atomic E-state index is 0.0244. The van der Waals surface area contributed by atoms with E-state index in [1.807, 2.05) is 6.92 Å². The Balaban J connectivity index is 2.08. The van der Waals surface area contributed by atoms with Crippen molar-refractivity contribution in [3.05, 3.63) is 58.4 Å². The summed E-state index contributed by atoms with van der Waals surface area (Å²) in [6.07, 6.45) is 0. The first-order valence-electron chi connectivity index (χ1n) is 6.59. The number of carbonyl (C=O) groups is 1. The second kappa shape index (κ2) is 5.45. The molecule has 6 nitrogen and oxygen atoms in total. The highest BCUT2D eigenvalue weighted by Crippen LogP contribution is 2.24. The molecule has 0 unspecified atom stereocenters. The number of primary sulfonamides is 1. The minimum atomic E-state index is -4.00. The van der Waals surface area contributed by atoms with Gasteiger partial charge in [0.2, 0.25) is 10.0 Å². The van der Waals surface area contributed by atoms with E-state index in [0.29, 0.717) is 5.56 Å². The molecule has 3 aromatic rings. The summed E-state index contributed by atoms with van der Waals surface area (Å²) in [5, 5.41) is 5.08. The van der Waals surface area contributed by atoms with Crippen molar-refractivity contribution in [1.29, 1.82) is 0 Å². The summed E-state index contributed by atoms with van der Waals surface area (Å²) in [5.41, 5.74) is 2.08. The second-order valence-corrected chi connectivity index (χ2v) is 7.01. The number of sulfonamides is 1. The molecule has 0 aliphatic heterocycles. The van der Waals surface area contributed by atoms with Gasteiger partial charge in [-0.1, -0.05) is 11.6 Å². The Kier molecular flexibility index (Phi) is 3.71. The van der Waals surface area contributed by atoms with Crippen molar-refractivity contribution < 1.29 is 13.2 Å². The van der Waals surface area contributed by atoms with Gasteiger partial charge in [-0.25, -0.2) is 18.5 Å². The Labute approximate surface area is 137 Å². The number of carbonyl (C=O) groups excluding carboxylic acids is 1. The van der Waals surface area contributed by atoms with Crippen LogP contribution in [0.15, 0.2) is 41.3 Å². The average Bonchev–Trinajstić information content (AvgIpc) is 2.84. The number of ketones is 1. The van der Waals surface area contributed by atoms with Crippen LogP contribution < -0.4 is 5.14 Å². The molecular formula is C15H12ClN3O3S. The first-order valence-corrected chi connectivity index (χ1v) is 8.51. The maximum absolute atomic E-state index is 12.6. The lowest BCUT2D eigenvalue weighted by molar-refractivity contribution is 0.103. The van der Waals surface area contributed by atoms with Gasteiger partial charge >= 0.3 is 0 Å². The molecule has 0 atom stereocenters. The summed E-state index contributed by atoms with van der Waals surface area (Å²) in [6.45, 7) is 1.82. The summed E-state index contributed by atoms with van der Waals surface area (Å²) in [6, 6.07) is 9.01. The third-order valence-electron chi connectivity index (χ3n) is 3.36. The van der Waals surface area contributed by atoms with E-state index in [0.717, 1.165) is 16.9 Å². The fraction of sp³-hybridized carbons (Fsp3) is 0.0667. The number of nitrogens with one attached hydrogen (secondary N) is 1. The number of imidazole rings is 1. The van der Waals surface area contributed by atoms with Gasteiger partial charge in [0.25, 0.3) is 0 Å². The number of aromatic nitrogens is 2. The van der Waals surface area contributed by atoms with Gasteiger partial charge in [0.15, 0.2) is 5.78 Å². The number of aromatic amines is 1. The normalized spacial score (nSPS) is 11.8. The smallest absolute Gasteiger partial charge is 0.239 e. The van der Waals surface area contributed by atoms with Gasteiger partial charge in [-0.3, -0.25) is 4.79 Å². The van der Waals surface area contributed by atoms with E-state index in [4.69, 9.17) is 16.7 Å². The van der Waals surface area contributed by atoms with E-state index in [2.05, 4.69) is 9.97 Å². The molecule has 0 radical (unpaired) electrons. The van der Waals surface area contributed by atoms with E-state index in [1.54, 1.807) is 18.2 Å². The van der Waals surface area contributed by atoms with E-state index in [1.165, 1.54) is 18.2 Å². The topological polar surface area (TPSA) is 106 Å². The van der Waals surface area contributed by atoms with Gasteiger partial charge < -0.3 is 4.98 Å². The fourth-order valence-corrected chi connectivity index (χ4v) is 3.38. The molecule has 8 heteroatoms. The molecule has 0 fully saturated rings. The third-order valence-corrected chi connectivity index (χ3v) is 4.75. The molecule has 0 bridgehead atoms. The van der Waals surface area contributed by atoms with Crippen LogP contribution in [-0.4, -0.2) is 24.2 Å². The predicted molar refractivity (Wildman–Crippen MR) is 87.1 cm³/mol. The SMILES string of the molecule is Cc1nc2ccc(C(=O)c3ccc(Cl)c(S(N)(=O)=O)c3)cc2[nH]1. The van der Waals surface area contributed by atoms with Crippen LogP contribution in [0.1, 0.15) is 21.7 Å². The number of hydrogen-bond donors (Lipinski definition) is 2. The molecular weight excluding hydrogens is 338 g/mol. The Bertz CT molecular complexity index is 1040. The summed E-state index contributed by atoms with van der Waals surface area (Å²) >= 11 is 5.83. The van der Waals surface area contributed by atoms with E-state index < -0.39 is 10.0 Å². The highest BCUT2D eigenvalue weighted by molar-refractivity contribution is 7.89. The van der Waals surface area contributed by atoms with Crippen molar-refractivity contribution in [2.75, 3.05) is 0 Å². The van der Waals surface area contributed by atoms with E-state index in [-0.39, 0.29) is 21.3 Å². The number of nitrogens with two attached hydrogens (primary N) is 1. The van der Waals surface area contributed by atoms with Gasteiger partial charge in [0.05, 0.1) is 16.1 Å². The molecule has 118 valence electrons. The lowest BCUT2D eigenvalue weighted by Gasteiger charge is -2.06. The summed E-state index contributed by atoms with van der Waals surface area (Å²) in [7, 11) is -4.00. The molecule has 3 N–H and O–H groups in total. The van der Waals surface area contributed by atoms with Crippen molar-refractivity contribution in [3.8, 4) is 0 Å². The Hall–Kier alpha value is -2.22. The largest absolute Gasteiger partial charge is 0.342 e. The van der Waals surface area contributed by atoms with Crippen molar-refractivity contribution >= 4 is 38.4 Å². The molecule has 0 amide bonds. The Morgan fingerprint density at radius 3 is 2.52 bits per heavy atom. The zero-order valence-corrected chi connectivity index (χ0v) is 13.6. The minimum Gasteiger partial charge on any atom is -0.342 e. The predicted octanol–water partition coefficient (Wildman–Crippen LogP) is 2.40. The quantitative estimate of drug-likeness (QED) is 0.708. The van der Waals surface area contributed by atoms with Crippen LogP contribution in [0.2, 0.25) is 5.02 Å². The van der Waals surface area contributed by atoms with Crippen LogP contribution >= 0.6 is 11.6 Å². The van der Waals surface area contributed by atoms with Crippen LogP contribution in [0.25, 0.3) is 11.0 Å². The number of benzene rings is 2. The molecule has 2 aromatic carbocycles. The second-order valence-electron chi connectivity index (χ2n) is 5.07. The number of aryl methyl sites for hydroxylation is 1. The van der Waals surface area contributed by atoms with Crippen molar-refractivity contribution in [2.45, 2.75) is 11.8 Å². The summed E-state index contributed by atoms with van der Waals surface area (Å²) < 4.78 is 23.0. The molecule has 1 heterocycles. The maximum Gasteiger partial charge on any atom is 0.239 e. The van der Waals surface area contributed by atoms with Crippen LogP contribution in [0.5, 0.6) is 0 Å². The van der Waals surface area contributed by atoms with Gasteiger partial charge in [0, 0.05) is 11.1 Å². The third kappa shape index (κ3) is 2.98. The summed E-state index contributed by atoms with van der Waals surface area (Å²) in [4.78, 5) is 19.6. The van der Waals surface area contributed by atoms with Crippen LogP contribution in [0, 0.1) is 6.92 Å². The molecule has 0 saturated heterocycles. The number of halogens is 1. The van der Waals surface area contributed by atoms with Crippen LogP contribution in [0.4, 0.5) is 0 Å². The van der Waals surface area contributed by atoms with Crippen molar-refractivity contribution in [1.82, 2.24) is 9.97 Å². The Morgan fingerprint density at radius 2 is 1.83 bits per heavy atom. The van der Waals surface area contributed by atoms with Crippen LogP contribution in [-0.2, 0) is 10.0 Å². The van der Waals surface area contributed by atoms with Gasteiger partial charge in [-0.15, -0.1) is 0 Å². The summed E-state index contributed by atoms with van der Waals surface area (Å²) in [5.74, 6) is 0.410. The lowest BCUT2D eigenvalue weighted by Crippen LogP contribution is -2.14. The monoisotopic (exact) mass is 349 g/mol. The molecule has 0 aliphatic rings. The van der Waals surface area contributed by atoms with Crippen LogP contribution in [0.3, 0.4) is 0 Å². The number of H-pyrrole nitrogens is 1. The highest BCUT2D eigenvalue weighted by atomic mass is 35.5.